The van der Waals surface area contributed by atoms with Crippen LogP contribution in [-0.2, 0) is 4.79 Å². The van der Waals surface area contributed by atoms with E-state index in [9.17, 15) is 25.2 Å². The molecule has 0 aromatic rings. The molecule has 2 radical (unpaired) electrons. The third-order valence-corrected chi connectivity index (χ3v) is 1.42. The third-order valence-electron chi connectivity index (χ3n) is 1.42. The Morgan fingerprint density at radius 1 is 1.20 bits per heavy atom. The van der Waals surface area contributed by atoms with Crippen LogP contribution in [0, 0.1) is 0 Å². The van der Waals surface area contributed by atoms with Crippen LogP contribution in [0.2, 0.25) is 0 Å². The minimum Gasteiger partial charge on any atom is -0.853 e. The topological polar surface area (TPSA) is 150 Å². The molecule has 0 aliphatic carbocycles. The molecule has 0 saturated heterocycles. The van der Waals surface area contributed by atoms with Gasteiger partial charge in [0.15, 0.2) is 0 Å². The summed E-state index contributed by atoms with van der Waals surface area (Å²) in [5, 5.41) is 58.4. The van der Waals surface area contributed by atoms with Crippen molar-refractivity contribution < 1.29 is 65.0 Å². The molecule has 0 heterocycles. The van der Waals surface area contributed by atoms with E-state index in [1.807, 2.05) is 0 Å². The fourth-order valence-corrected chi connectivity index (χ4v) is 0.629. The summed E-state index contributed by atoms with van der Waals surface area (Å²) >= 11 is 0. The summed E-state index contributed by atoms with van der Waals surface area (Å²) in [4.78, 5) is 9.89. The average molecular weight is 337 g/mol. The second kappa shape index (κ2) is 10.3. The molecule has 0 aromatic carbocycles. The Kier molecular flexibility index (Phi) is 14.6. The Labute approximate surface area is 125 Å². The number of carboxylic acids is 1. The van der Waals surface area contributed by atoms with E-state index in [1.165, 1.54) is 0 Å². The van der Waals surface area contributed by atoms with Gasteiger partial charge in [-0.3, -0.25) is 0 Å². The maximum Gasteiger partial charge on any atom is 3.00 e. The van der Waals surface area contributed by atoms with Crippen molar-refractivity contribution in [2.24, 2.45) is 0 Å². The van der Waals surface area contributed by atoms with Gasteiger partial charge in [0, 0.05) is 6.61 Å². The molecule has 80 valence electrons. The van der Waals surface area contributed by atoms with Crippen LogP contribution in [0.25, 0.3) is 0 Å². The van der Waals surface area contributed by atoms with E-state index in [2.05, 4.69) is 0 Å². The molecule has 0 aliphatic rings. The quantitative estimate of drug-likeness (QED) is 0.473. The van der Waals surface area contributed by atoms with Gasteiger partial charge in [-0.2, -0.15) is 0 Å². The number of carboxylic acid groups (broad SMARTS) is 1. The van der Waals surface area contributed by atoms with Crippen molar-refractivity contribution in [3.8, 4) is 0 Å². The van der Waals surface area contributed by atoms with Gasteiger partial charge >= 0.3 is 54.0 Å². The van der Waals surface area contributed by atoms with Crippen LogP contribution in [0.3, 0.4) is 0 Å². The monoisotopic (exact) mass is 336 g/mol. The van der Waals surface area contributed by atoms with Gasteiger partial charge < -0.3 is 35.4 Å². The van der Waals surface area contributed by atoms with Gasteiger partial charge in [-0.25, -0.2) is 0 Å². The molecule has 15 heavy (non-hydrogen) atoms. The molecule has 7 nitrogen and oxygen atoms in total. The second-order valence-corrected chi connectivity index (χ2v) is 2.41. The van der Waals surface area contributed by atoms with Crippen molar-refractivity contribution in [3.05, 3.63) is 0 Å². The van der Waals surface area contributed by atoms with E-state index in [1.54, 1.807) is 0 Å². The molecule has 0 aliphatic heterocycles. The number of carbonyl (C=O) groups is 1. The summed E-state index contributed by atoms with van der Waals surface area (Å²) in [6.07, 6.45) is -9.61. The summed E-state index contributed by atoms with van der Waals surface area (Å²) in [5.74, 6) is -2.11. The molecular weight excluding hydrogens is 329 g/mol. The van der Waals surface area contributed by atoms with Crippen molar-refractivity contribution >= 4 is 30.4 Å². The first-order chi connectivity index (χ1) is 5.91. The molecule has 0 bridgehead atoms. The van der Waals surface area contributed by atoms with Crippen LogP contribution in [0.15, 0.2) is 0 Å². The van der Waals surface area contributed by atoms with Gasteiger partial charge in [-0.05, 0) is 0 Å². The van der Waals surface area contributed by atoms with E-state index in [-0.39, 0.29) is 54.0 Å². The number of hydrogen-bond donors (Lipinski definition) is 2. The normalized spacial score (nSPS) is 17.7. The van der Waals surface area contributed by atoms with E-state index < -0.39 is 37.0 Å². The number of aliphatic hydroxyl groups is 2. The molecule has 0 spiro atoms. The van der Waals surface area contributed by atoms with Crippen LogP contribution in [-0.4, -0.2) is 71.6 Å². The zero-order chi connectivity index (χ0) is 10.6. The van der Waals surface area contributed by atoms with Gasteiger partial charge in [0.25, 0.3) is 0 Å². The van der Waals surface area contributed by atoms with Crippen LogP contribution < -0.4 is 50.0 Å². The van der Waals surface area contributed by atoms with E-state index >= 15 is 0 Å². The number of rotatable bonds is 5. The van der Waals surface area contributed by atoms with Crippen LogP contribution in [0.5, 0.6) is 0 Å². The third kappa shape index (κ3) is 7.09. The van der Waals surface area contributed by atoms with E-state index in [0.717, 1.165) is 0 Å². The Morgan fingerprint density at radius 2 is 1.60 bits per heavy atom. The summed E-state index contributed by atoms with van der Waals surface area (Å²) in [6, 6.07) is 0. The molecule has 9 heteroatoms. The summed E-state index contributed by atoms with van der Waals surface area (Å²) < 4.78 is 0. The number of aliphatic hydroxyl groups excluding tert-OH is 2. The minimum atomic E-state index is -2.53. The van der Waals surface area contributed by atoms with Crippen LogP contribution >= 0.6 is 0 Å². The molecule has 0 fully saturated rings. The summed E-state index contributed by atoms with van der Waals surface area (Å²) in [5.41, 5.74) is 0. The van der Waals surface area contributed by atoms with Gasteiger partial charge in [0.05, 0.1) is 12.1 Å². The maximum absolute atomic E-state index is 10.7. The first-order valence-electron chi connectivity index (χ1n) is 3.39. The van der Waals surface area contributed by atoms with Crippen molar-refractivity contribution in [2.45, 2.75) is 24.4 Å². The SMILES string of the molecule is O=C([O-])[C@H](O)[C@@H]([O-])[C@H]([O-])[C@H]([O-])CO.[Na+].[Sb+3]. The molecular formula is C6H8NaO7Sb. The van der Waals surface area contributed by atoms with Crippen LogP contribution in [0.1, 0.15) is 0 Å². The molecule has 0 unspecified atom stereocenters. The molecule has 0 aromatic heterocycles. The molecule has 0 rings (SSSR count). The Balaban J connectivity index is -0.000000720. The predicted molar refractivity (Wildman–Crippen MR) is 35.2 cm³/mol. The fourth-order valence-electron chi connectivity index (χ4n) is 0.629. The van der Waals surface area contributed by atoms with Crippen molar-refractivity contribution in [2.75, 3.05) is 6.61 Å². The first kappa shape index (κ1) is 21.4. The van der Waals surface area contributed by atoms with Crippen molar-refractivity contribution in [3.63, 3.8) is 0 Å². The number of carbonyl (C=O) groups excluding carboxylic acids is 1. The van der Waals surface area contributed by atoms with Crippen LogP contribution in [0.4, 0.5) is 0 Å². The second-order valence-electron chi connectivity index (χ2n) is 2.41. The summed E-state index contributed by atoms with van der Waals surface area (Å²) in [6.45, 7) is -1.08. The minimum absolute atomic E-state index is 0. The van der Waals surface area contributed by atoms with E-state index in [0.29, 0.717) is 0 Å². The summed E-state index contributed by atoms with van der Waals surface area (Å²) in [7, 11) is 0. The Hall–Kier alpha value is 1.09. The van der Waals surface area contributed by atoms with Gasteiger partial charge in [0.1, 0.15) is 0 Å². The zero-order valence-electron chi connectivity index (χ0n) is 7.90. The molecule has 2 N–H and O–H groups in total. The molecule has 0 saturated carbocycles. The zero-order valence-corrected chi connectivity index (χ0v) is 12.5. The molecule has 0 amide bonds. The number of aliphatic carboxylic acids is 1. The van der Waals surface area contributed by atoms with Crippen molar-refractivity contribution in [1.29, 1.82) is 0 Å². The average Bonchev–Trinajstić information content (AvgIpc) is 2.12. The van der Waals surface area contributed by atoms with E-state index in [4.69, 9.17) is 10.2 Å². The number of hydrogen-bond acceptors (Lipinski definition) is 7. The van der Waals surface area contributed by atoms with Gasteiger partial charge in [0.2, 0.25) is 0 Å². The van der Waals surface area contributed by atoms with Gasteiger partial charge in [-0.1, -0.05) is 0 Å². The smallest absolute Gasteiger partial charge is 0.853 e. The fraction of sp³-hybridized carbons (Fsp3) is 0.833. The Morgan fingerprint density at radius 3 is 1.87 bits per heavy atom. The predicted octanol–water partition coefficient (Wildman–Crippen LogP) is -10.1. The van der Waals surface area contributed by atoms with Crippen molar-refractivity contribution in [1.82, 2.24) is 0 Å². The Bertz CT molecular complexity index is 181. The standard InChI is InChI=1S/C6H9O7.Na.Sb/c7-1-2(8)3(9)4(10)5(11)6(12)13;;/h2-5,7,11H,1H2,(H,12,13);;/q-3;+1;+3/p-1/t2-,3-,4+,5-;;/m1../s1. The maximum atomic E-state index is 10.7. The largest absolute Gasteiger partial charge is 3.00 e. The first-order valence-corrected chi connectivity index (χ1v) is 3.39. The molecule has 4 atom stereocenters. The van der Waals surface area contributed by atoms with Gasteiger partial charge in [-0.15, -0.1) is 18.3 Å².